The minimum Gasteiger partial charge on any atom is -0.393 e. The molecule has 0 spiro atoms. The topological polar surface area (TPSA) is 43.4 Å². The molecule has 0 atom stereocenters. The Labute approximate surface area is 60.5 Å². The van der Waals surface area contributed by atoms with E-state index in [4.69, 9.17) is 0 Å². The molecule has 0 unspecified atom stereocenters. The Morgan fingerprint density at radius 3 is 2.11 bits per heavy atom. The number of carbonyl (C=O) groups excluding carboxylic acids is 2. The Bertz CT molecular complexity index is 138. The summed E-state index contributed by atoms with van der Waals surface area (Å²) in [5, 5.41) is 0. The first kappa shape index (κ1) is 6.74. The van der Waals surface area contributed by atoms with Gasteiger partial charge < -0.3 is 4.74 Å². The Balaban J connectivity index is 2.53. The molecule has 0 radical (unpaired) electrons. The van der Waals surface area contributed by atoms with Crippen LogP contribution in [0.3, 0.4) is 0 Å². The lowest BCUT2D eigenvalue weighted by Gasteiger charge is -2.12. The highest BCUT2D eigenvalue weighted by molar-refractivity contribution is 9.09. The number of hydrogen-bond donors (Lipinski definition) is 0. The fourth-order valence-electron chi connectivity index (χ4n) is 0.644. The van der Waals surface area contributed by atoms with E-state index in [0.717, 1.165) is 0 Å². The smallest absolute Gasteiger partial charge is 0.314 e. The number of rotatable bonds is 0. The van der Waals surface area contributed by atoms with E-state index < -0.39 is 11.9 Å². The van der Waals surface area contributed by atoms with Crippen LogP contribution in [0.25, 0.3) is 0 Å². The first-order valence-corrected chi connectivity index (χ1v) is 3.47. The van der Waals surface area contributed by atoms with Crippen molar-refractivity contribution in [2.24, 2.45) is 0 Å². The SMILES string of the molecule is O=C1CC(Br)CC(=O)O1. The number of hydrogen-bond acceptors (Lipinski definition) is 3. The van der Waals surface area contributed by atoms with Gasteiger partial charge in [0, 0.05) is 4.83 Å². The molecule has 50 valence electrons. The molecular formula is C5H5BrO3. The van der Waals surface area contributed by atoms with Crippen molar-refractivity contribution in [3.63, 3.8) is 0 Å². The van der Waals surface area contributed by atoms with E-state index >= 15 is 0 Å². The predicted octanol–water partition coefficient (Wildman–Crippen LogP) is 0.613. The van der Waals surface area contributed by atoms with Crippen LogP contribution in [-0.4, -0.2) is 16.8 Å². The van der Waals surface area contributed by atoms with E-state index in [1.165, 1.54) is 0 Å². The molecular weight excluding hydrogens is 188 g/mol. The number of cyclic esters (lactones) is 2. The summed E-state index contributed by atoms with van der Waals surface area (Å²) in [5.74, 6) is -0.874. The van der Waals surface area contributed by atoms with Gasteiger partial charge in [-0.3, -0.25) is 9.59 Å². The number of ether oxygens (including phenoxy) is 1. The van der Waals surface area contributed by atoms with Crippen LogP contribution in [-0.2, 0) is 14.3 Å². The Morgan fingerprint density at radius 2 is 1.78 bits per heavy atom. The molecule has 9 heavy (non-hydrogen) atoms. The second-order valence-electron chi connectivity index (χ2n) is 1.85. The highest BCUT2D eigenvalue weighted by Gasteiger charge is 2.24. The van der Waals surface area contributed by atoms with Crippen LogP contribution in [0.1, 0.15) is 12.8 Å². The number of carbonyl (C=O) groups is 2. The molecule has 3 nitrogen and oxygen atoms in total. The van der Waals surface area contributed by atoms with E-state index in [9.17, 15) is 9.59 Å². The molecule has 1 aliphatic rings. The van der Waals surface area contributed by atoms with Gasteiger partial charge in [0.05, 0.1) is 12.8 Å². The van der Waals surface area contributed by atoms with E-state index in [-0.39, 0.29) is 4.83 Å². The summed E-state index contributed by atoms with van der Waals surface area (Å²) >= 11 is 3.15. The monoisotopic (exact) mass is 192 g/mol. The predicted molar refractivity (Wildman–Crippen MR) is 33.0 cm³/mol. The third-order valence-electron chi connectivity index (χ3n) is 1.00. The zero-order chi connectivity index (χ0) is 6.85. The average molecular weight is 193 g/mol. The molecule has 0 aromatic rings. The quantitative estimate of drug-likeness (QED) is 0.321. The lowest BCUT2D eigenvalue weighted by Crippen LogP contribution is -2.25. The van der Waals surface area contributed by atoms with Gasteiger partial charge in [-0.05, 0) is 0 Å². The van der Waals surface area contributed by atoms with Gasteiger partial charge in [0.1, 0.15) is 0 Å². The highest BCUT2D eigenvalue weighted by Crippen LogP contribution is 2.16. The van der Waals surface area contributed by atoms with Gasteiger partial charge in [-0.15, -0.1) is 0 Å². The van der Waals surface area contributed by atoms with E-state index in [1.807, 2.05) is 0 Å². The van der Waals surface area contributed by atoms with Crippen LogP contribution in [0.4, 0.5) is 0 Å². The molecule has 1 saturated heterocycles. The molecule has 0 saturated carbocycles. The fourth-order valence-corrected chi connectivity index (χ4v) is 1.17. The summed E-state index contributed by atoms with van der Waals surface area (Å²) in [6.45, 7) is 0. The van der Waals surface area contributed by atoms with Gasteiger partial charge in [0.25, 0.3) is 0 Å². The van der Waals surface area contributed by atoms with Gasteiger partial charge in [-0.2, -0.15) is 0 Å². The van der Waals surface area contributed by atoms with Crippen molar-refractivity contribution in [1.29, 1.82) is 0 Å². The maximum absolute atomic E-state index is 10.4. The van der Waals surface area contributed by atoms with Gasteiger partial charge in [-0.1, -0.05) is 15.9 Å². The van der Waals surface area contributed by atoms with Crippen molar-refractivity contribution in [3.8, 4) is 0 Å². The van der Waals surface area contributed by atoms with Crippen LogP contribution in [0.15, 0.2) is 0 Å². The summed E-state index contributed by atoms with van der Waals surface area (Å²) in [5.41, 5.74) is 0. The van der Waals surface area contributed by atoms with E-state index in [2.05, 4.69) is 20.7 Å². The maximum Gasteiger partial charge on any atom is 0.314 e. The molecule has 0 aromatic carbocycles. The highest BCUT2D eigenvalue weighted by atomic mass is 79.9. The molecule has 0 bridgehead atoms. The van der Waals surface area contributed by atoms with Crippen molar-refractivity contribution < 1.29 is 14.3 Å². The van der Waals surface area contributed by atoms with Crippen molar-refractivity contribution in [3.05, 3.63) is 0 Å². The zero-order valence-electron chi connectivity index (χ0n) is 4.59. The third kappa shape index (κ3) is 1.78. The molecule has 0 aliphatic carbocycles. The second-order valence-corrected chi connectivity index (χ2v) is 3.15. The maximum atomic E-state index is 10.4. The van der Waals surface area contributed by atoms with Crippen molar-refractivity contribution in [2.45, 2.75) is 17.7 Å². The minimum atomic E-state index is -0.437. The van der Waals surface area contributed by atoms with Gasteiger partial charge in [0.15, 0.2) is 0 Å². The Hall–Kier alpha value is -0.380. The molecule has 0 aromatic heterocycles. The lowest BCUT2D eigenvalue weighted by molar-refractivity contribution is -0.162. The number of esters is 2. The summed E-state index contributed by atoms with van der Waals surface area (Å²) in [7, 11) is 0. The summed E-state index contributed by atoms with van der Waals surface area (Å²) in [6.07, 6.45) is 0.595. The van der Waals surface area contributed by atoms with Crippen molar-refractivity contribution in [1.82, 2.24) is 0 Å². The van der Waals surface area contributed by atoms with Crippen LogP contribution in [0, 0.1) is 0 Å². The van der Waals surface area contributed by atoms with E-state index in [1.54, 1.807) is 0 Å². The number of alkyl halides is 1. The van der Waals surface area contributed by atoms with Gasteiger partial charge >= 0.3 is 11.9 Å². The Kier molecular flexibility index (Phi) is 1.85. The normalized spacial score (nSPS) is 21.9. The standard InChI is InChI=1S/C5H5BrO3/c6-3-1-4(7)9-5(8)2-3/h3H,1-2H2. The van der Waals surface area contributed by atoms with E-state index in [0.29, 0.717) is 12.8 Å². The third-order valence-corrected chi connectivity index (χ3v) is 1.65. The van der Waals surface area contributed by atoms with Crippen LogP contribution < -0.4 is 0 Å². The van der Waals surface area contributed by atoms with Gasteiger partial charge in [0.2, 0.25) is 0 Å². The Morgan fingerprint density at radius 1 is 1.33 bits per heavy atom. The zero-order valence-corrected chi connectivity index (χ0v) is 6.18. The minimum absolute atomic E-state index is 0.0220. The molecule has 1 rings (SSSR count). The molecule has 0 N–H and O–H groups in total. The first-order valence-electron chi connectivity index (χ1n) is 2.56. The molecule has 1 heterocycles. The van der Waals surface area contributed by atoms with Crippen molar-refractivity contribution >= 4 is 27.9 Å². The molecule has 1 aliphatic heterocycles. The first-order chi connectivity index (χ1) is 4.18. The van der Waals surface area contributed by atoms with Gasteiger partial charge in [-0.25, -0.2) is 0 Å². The molecule has 4 heteroatoms. The average Bonchev–Trinajstić information content (AvgIpc) is 1.59. The largest absolute Gasteiger partial charge is 0.393 e. The number of halogens is 1. The van der Waals surface area contributed by atoms with Crippen LogP contribution in [0.2, 0.25) is 0 Å². The molecule has 0 amide bonds. The summed E-state index contributed by atoms with van der Waals surface area (Å²) in [6, 6.07) is 0. The lowest BCUT2D eigenvalue weighted by atomic mass is 10.2. The summed E-state index contributed by atoms with van der Waals surface area (Å²) in [4.78, 5) is 20.8. The summed E-state index contributed by atoms with van der Waals surface area (Å²) < 4.78 is 4.25. The van der Waals surface area contributed by atoms with Crippen LogP contribution >= 0.6 is 15.9 Å². The van der Waals surface area contributed by atoms with Crippen LogP contribution in [0.5, 0.6) is 0 Å². The van der Waals surface area contributed by atoms with Crippen molar-refractivity contribution in [2.75, 3.05) is 0 Å². The fraction of sp³-hybridized carbons (Fsp3) is 0.600. The second kappa shape index (κ2) is 2.47. The molecule has 1 fully saturated rings.